The van der Waals surface area contributed by atoms with E-state index in [-0.39, 0.29) is 32.6 Å². The smallest absolute Gasteiger partial charge is 0.317 e. The van der Waals surface area contributed by atoms with Gasteiger partial charge in [-0.25, -0.2) is 0 Å². The van der Waals surface area contributed by atoms with Gasteiger partial charge >= 0.3 is 23.9 Å². The van der Waals surface area contributed by atoms with Crippen molar-refractivity contribution in [1.82, 2.24) is 15.1 Å². The first-order valence-electron chi connectivity index (χ1n) is 10.2. The van der Waals surface area contributed by atoms with E-state index in [0.717, 1.165) is 6.92 Å². The zero-order chi connectivity index (χ0) is 25.5. The molecule has 0 aliphatic heterocycles. The zero-order valence-electron chi connectivity index (χ0n) is 18.9. The van der Waals surface area contributed by atoms with Gasteiger partial charge in [-0.3, -0.25) is 33.8 Å². The van der Waals surface area contributed by atoms with Gasteiger partial charge in [0.05, 0.1) is 26.1 Å². The molecule has 0 aliphatic carbocycles. The number of carbonyl (C=O) groups is 5. The molecule has 0 aromatic carbocycles. The van der Waals surface area contributed by atoms with Crippen LogP contribution in [0.2, 0.25) is 0 Å². The maximum Gasteiger partial charge on any atom is 0.317 e. The largest absolute Gasteiger partial charge is 0.481 e. The Morgan fingerprint density at radius 3 is 1.44 bits per heavy atom. The molecular weight excluding hydrogens is 430 g/mol. The van der Waals surface area contributed by atoms with Crippen LogP contribution in [-0.2, 0) is 24.0 Å². The predicted octanol–water partition coefficient (Wildman–Crippen LogP) is -0.194. The molecule has 0 unspecified atom stereocenters. The molecule has 0 bridgehead atoms. The second-order valence-electron chi connectivity index (χ2n) is 6.28. The van der Waals surface area contributed by atoms with E-state index in [1.165, 1.54) is 4.90 Å². The van der Waals surface area contributed by atoms with E-state index in [0.29, 0.717) is 39.0 Å². The second-order valence-corrected chi connectivity index (χ2v) is 6.28. The summed E-state index contributed by atoms with van der Waals surface area (Å²) < 4.78 is 0. The number of hydrogen-bond acceptors (Lipinski definition) is 8. The second kappa shape index (κ2) is 22.9. The van der Waals surface area contributed by atoms with Gasteiger partial charge in [-0.05, 0) is 39.0 Å². The van der Waals surface area contributed by atoms with Gasteiger partial charge in [0, 0.05) is 13.5 Å². The first-order chi connectivity index (χ1) is 14.9. The molecule has 0 spiro atoms. The summed E-state index contributed by atoms with van der Waals surface area (Å²) in [5, 5.41) is 45.1. The average molecular weight is 468 g/mol. The highest BCUT2D eigenvalue weighted by Crippen LogP contribution is 1.99. The molecule has 0 aliphatic rings. The van der Waals surface area contributed by atoms with E-state index < -0.39 is 29.8 Å². The summed E-state index contributed by atoms with van der Waals surface area (Å²) >= 11 is 0. The van der Waals surface area contributed by atoms with Crippen LogP contribution in [0.5, 0.6) is 0 Å². The molecule has 13 nitrogen and oxygen atoms in total. The van der Waals surface area contributed by atoms with Crippen LogP contribution in [0.3, 0.4) is 0 Å². The third kappa shape index (κ3) is 31.9. The summed E-state index contributed by atoms with van der Waals surface area (Å²) in [5.74, 6) is -4.85. The summed E-state index contributed by atoms with van der Waals surface area (Å²) in [6, 6.07) is 0. The molecule has 6 N–H and O–H groups in total. The number of nitrogens with zero attached hydrogens (tertiary/aromatic N) is 2. The fourth-order valence-corrected chi connectivity index (χ4v) is 2.32. The van der Waals surface area contributed by atoms with Gasteiger partial charge < -0.3 is 30.8 Å². The van der Waals surface area contributed by atoms with Crippen LogP contribution in [0.1, 0.15) is 40.0 Å². The van der Waals surface area contributed by atoms with Crippen molar-refractivity contribution in [2.75, 3.05) is 52.4 Å². The number of nitrogens with one attached hydrogen (secondary N) is 1. The molecule has 0 fully saturated rings. The van der Waals surface area contributed by atoms with Gasteiger partial charge in [-0.2, -0.15) is 0 Å². The number of rotatable bonds is 17. The van der Waals surface area contributed by atoms with Crippen molar-refractivity contribution in [1.29, 1.82) is 0 Å². The molecule has 0 atom stereocenters. The molecule has 0 rings (SSSR count). The number of carboxylic acids is 5. The van der Waals surface area contributed by atoms with E-state index in [2.05, 4.69) is 5.32 Å². The van der Waals surface area contributed by atoms with Crippen LogP contribution < -0.4 is 5.32 Å². The predicted molar refractivity (Wildman–Crippen MR) is 115 cm³/mol. The minimum Gasteiger partial charge on any atom is -0.481 e. The molecule has 188 valence electrons. The highest BCUT2D eigenvalue weighted by molar-refractivity contribution is 5.70. The van der Waals surface area contributed by atoms with Crippen LogP contribution in [0, 0.1) is 0 Å². The number of aliphatic carboxylic acids is 5. The molecule has 0 radical (unpaired) electrons. The van der Waals surface area contributed by atoms with Crippen LogP contribution in [-0.4, -0.2) is 118 Å². The third-order valence-corrected chi connectivity index (χ3v) is 3.41. The van der Waals surface area contributed by atoms with Crippen molar-refractivity contribution in [2.24, 2.45) is 0 Å². The van der Waals surface area contributed by atoms with Crippen molar-refractivity contribution in [3.63, 3.8) is 0 Å². The molecule has 13 heteroatoms. The maximum atomic E-state index is 10.9. The lowest BCUT2D eigenvalue weighted by Gasteiger charge is -2.23. The van der Waals surface area contributed by atoms with Gasteiger partial charge in [0.15, 0.2) is 0 Å². The Bertz CT molecular complexity index is 553. The molecular formula is C19H37N3O10. The Balaban J connectivity index is -0.00000125. The lowest BCUT2D eigenvalue weighted by atomic mass is 10.3. The topological polar surface area (TPSA) is 205 Å². The minimum absolute atomic E-state index is 0.111. The standard InChI is InChI=1S/C15H27N3O8.C2H4O2.C2H6/c19-12(20)3-8-18(11-15(25)26)7-2-6-17(10-14(23)24)5-1-4-16-9-13(21)22;1-2(3)4;1-2/h16H,1-11H2,(H,19,20)(H,21,22)(H,23,24)(H,25,26);1H3,(H,3,4);1-2H3. The van der Waals surface area contributed by atoms with E-state index in [4.69, 9.17) is 30.3 Å². The van der Waals surface area contributed by atoms with E-state index in [1.807, 2.05) is 13.8 Å². The van der Waals surface area contributed by atoms with Gasteiger partial charge in [0.25, 0.3) is 5.97 Å². The highest BCUT2D eigenvalue weighted by atomic mass is 16.4. The Kier molecular flexibility index (Phi) is 24.2. The Morgan fingerprint density at radius 2 is 1.06 bits per heavy atom. The van der Waals surface area contributed by atoms with E-state index in [9.17, 15) is 19.2 Å². The van der Waals surface area contributed by atoms with Crippen molar-refractivity contribution in [2.45, 2.75) is 40.0 Å². The van der Waals surface area contributed by atoms with Gasteiger partial charge in [0.2, 0.25) is 0 Å². The quantitative estimate of drug-likeness (QED) is 0.154. The van der Waals surface area contributed by atoms with E-state index in [1.54, 1.807) is 4.90 Å². The molecule has 0 aromatic rings. The van der Waals surface area contributed by atoms with Crippen molar-refractivity contribution in [3.8, 4) is 0 Å². The lowest BCUT2D eigenvalue weighted by molar-refractivity contribution is -0.141. The minimum atomic E-state index is -1.05. The van der Waals surface area contributed by atoms with Crippen molar-refractivity contribution >= 4 is 29.8 Å². The Hall–Kier alpha value is -2.77. The zero-order valence-corrected chi connectivity index (χ0v) is 18.9. The van der Waals surface area contributed by atoms with Gasteiger partial charge in [-0.1, -0.05) is 13.8 Å². The number of carboxylic acid groups (broad SMARTS) is 5. The highest BCUT2D eigenvalue weighted by Gasteiger charge is 2.14. The lowest BCUT2D eigenvalue weighted by Crippen LogP contribution is -2.37. The molecule has 0 saturated heterocycles. The van der Waals surface area contributed by atoms with E-state index >= 15 is 0 Å². The van der Waals surface area contributed by atoms with Gasteiger partial charge in [-0.15, -0.1) is 0 Å². The van der Waals surface area contributed by atoms with Crippen LogP contribution in [0.15, 0.2) is 0 Å². The van der Waals surface area contributed by atoms with Crippen LogP contribution in [0.25, 0.3) is 0 Å². The fourth-order valence-electron chi connectivity index (χ4n) is 2.32. The summed E-state index contributed by atoms with van der Waals surface area (Å²) in [6.45, 7) is 6.23. The third-order valence-electron chi connectivity index (χ3n) is 3.41. The summed E-state index contributed by atoms with van der Waals surface area (Å²) in [5.41, 5.74) is 0. The van der Waals surface area contributed by atoms with Gasteiger partial charge in [0.1, 0.15) is 0 Å². The normalized spacial score (nSPS) is 9.91. The summed E-state index contributed by atoms with van der Waals surface area (Å²) in [6.07, 6.45) is 0.891. The first kappa shape index (κ1) is 33.9. The van der Waals surface area contributed by atoms with Crippen molar-refractivity contribution < 1.29 is 49.5 Å². The number of hydrogen-bond donors (Lipinski definition) is 6. The molecule has 0 aromatic heterocycles. The molecule has 0 saturated carbocycles. The summed E-state index contributed by atoms with van der Waals surface area (Å²) in [4.78, 5) is 54.9. The average Bonchev–Trinajstić information content (AvgIpc) is 2.65. The van der Waals surface area contributed by atoms with Crippen LogP contribution >= 0.6 is 0 Å². The van der Waals surface area contributed by atoms with Crippen LogP contribution in [0.4, 0.5) is 0 Å². The molecule has 0 heterocycles. The Morgan fingerprint density at radius 1 is 0.656 bits per heavy atom. The fraction of sp³-hybridized carbons (Fsp3) is 0.737. The molecule has 32 heavy (non-hydrogen) atoms. The first-order valence-corrected chi connectivity index (χ1v) is 10.2. The SMILES string of the molecule is CC.CC(=O)O.O=C(O)CCN(CCCN(CCCNCC(=O)O)CC(=O)O)CC(=O)O. The monoisotopic (exact) mass is 467 g/mol. The molecule has 0 amide bonds. The van der Waals surface area contributed by atoms with Crippen molar-refractivity contribution in [3.05, 3.63) is 0 Å². The summed E-state index contributed by atoms with van der Waals surface area (Å²) in [7, 11) is 0. The Labute approximate surface area is 187 Å². The maximum absolute atomic E-state index is 10.9.